The molecular formula is C19H19NO3. The molecule has 0 atom stereocenters. The van der Waals surface area contributed by atoms with Gasteiger partial charge in [-0.2, -0.15) is 0 Å². The van der Waals surface area contributed by atoms with Crippen molar-refractivity contribution in [3.8, 4) is 17.0 Å². The van der Waals surface area contributed by atoms with Gasteiger partial charge in [0, 0.05) is 17.4 Å². The second kappa shape index (κ2) is 6.16. The lowest BCUT2D eigenvalue weighted by molar-refractivity contribution is 0.0529. The number of hydrogen-bond donors (Lipinski definition) is 1. The molecule has 23 heavy (non-hydrogen) atoms. The maximum absolute atomic E-state index is 12.6. The minimum absolute atomic E-state index is 0.135. The number of aryl methyl sites for hydroxylation is 1. The fourth-order valence-electron chi connectivity index (χ4n) is 2.98. The van der Waals surface area contributed by atoms with Crippen LogP contribution < -0.4 is 0 Å². The summed E-state index contributed by atoms with van der Waals surface area (Å²) < 4.78 is 7.34. The van der Waals surface area contributed by atoms with Gasteiger partial charge in [-0.1, -0.05) is 30.3 Å². The molecule has 0 radical (unpaired) electrons. The number of phenolic OH excluding ortho intramolecular Hbond substituents is 1. The molecular weight excluding hydrogens is 290 g/mol. The van der Waals surface area contributed by atoms with Gasteiger partial charge in [-0.15, -0.1) is 0 Å². The van der Waals surface area contributed by atoms with E-state index in [1.165, 1.54) is 0 Å². The minimum Gasteiger partial charge on any atom is -0.508 e. The van der Waals surface area contributed by atoms with Crippen LogP contribution >= 0.6 is 0 Å². The van der Waals surface area contributed by atoms with E-state index in [4.69, 9.17) is 4.74 Å². The van der Waals surface area contributed by atoms with Gasteiger partial charge in [0.2, 0.25) is 0 Å². The summed E-state index contributed by atoms with van der Waals surface area (Å²) >= 11 is 0. The quantitative estimate of drug-likeness (QED) is 0.734. The maximum atomic E-state index is 12.6. The lowest BCUT2D eigenvalue weighted by Crippen LogP contribution is -2.07. The Morgan fingerprint density at radius 2 is 1.87 bits per heavy atom. The van der Waals surface area contributed by atoms with Crippen molar-refractivity contribution in [1.82, 2.24) is 4.57 Å². The summed E-state index contributed by atoms with van der Waals surface area (Å²) in [4.78, 5) is 12.6. The molecule has 4 heteroatoms. The first-order chi connectivity index (χ1) is 11.2. The van der Waals surface area contributed by atoms with Gasteiger partial charge in [0.15, 0.2) is 0 Å². The number of nitrogens with zero attached hydrogens (tertiary/aromatic N) is 1. The molecule has 3 aromatic rings. The summed E-state index contributed by atoms with van der Waals surface area (Å²) in [6.07, 6.45) is 0. The predicted octanol–water partition coefficient (Wildman–Crippen LogP) is 4.21. The van der Waals surface area contributed by atoms with Crippen molar-refractivity contribution < 1.29 is 14.6 Å². The molecule has 118 valence electrons. The number of phenols is 1. The highest BCUT2D eigenvalue weighted by atomic mass is 16.5. The molecule has 0 spiro atoms. The van der Waals surface area contributed by atoms with Crippen LogP contribution in [0, 0.1) is 0 Å². The van der Waals surface area contributed by atoms with Crippen molar-refractivity contribution >= 4 is 16.9 Å². The number of fused-ring (bicyclic) bond motifs is 1. The summed E-state index contributed by atoms with van der Waals surface area (Å²) in [7, 11) is 0. The molecule has 1 heterocycles. The van der Waals surface area contributed by atoms with E-state index in [0.29, 0.717) is 24.1 Å². The molecule has 1 aromatic heterocycles. The Bertz CT molecular complexity index is 850. The minimum atomic E-state index is -0.367. The highest BCUT2D eigenvalue weighted by molar-refractivity contribution is 6.11. The van der Waals surface area contributed by atoms with E-state index in [1.54, 1.807) is 19.1 Å². The van der Waals surface area contributed by atoms with Gasteiger partial charge < -0.3 is 14.4 Å². The lowest BCUT2D eigenvalue weighted by atomic mass is 10.1. The number of carbonyl (C=O) groups is 1. The van der Waals surface area contributed by atoms with Crippen molar-refractivity contribution in [3.05, 3.63) is 54.1 Å². The molecule has 2 aromatic carbocycles. The van der Waals surface area contributed by atoms with Gasteiger partial charge >= 0.3 is 5.97 Å². The molecule has 0 bridgehead atoms. The Kier molecular flexibility index (Phi) is 4.06. The largest absolute Gasteiger partial charge is 0.508 e. The van der Waals surface area contributed by atoms with Crippen LogP contribution in [0.25, 0.3) is 22.2 Å². The first kappa shape index (κ1) is 15.2. The second-order valence-electron chi connectivity index (χ2n) is 5.26. The lowest BCUT2D eigenvalue weighted by Gasteiger charge is -2.10. The van der Waals surface area contributed by atoms with E-state index in [1.807, 2.05) is 43.3 Å². The summed E-state index contributed by atoms with van der Waals surface area (Å²) in [6, 6.07) is 14.9. The van der Waals surface area contributed by atoms with Crippen LogP contribution in [0.1, 0.15) is 24.2 Å². The fourth-order valence-corrected chi connectivity index (χ4v) is 2.98. The highest BCUT2D eigenvalue weighted by Crippen LogP contribution is 2.36. The van der Waals surface area contributed by atoms with Gasteiger partial charge in [-0.3, -0.25) is 0 Å². The Morgan fingerprint density at radius 1 is 1.13 bits per heavy atom. The predicted molar refractivity (Wildman–Crippen MR) is 90.7 cm³/mol. The number of aromatic nitrogens is 1. The van der Waals surface area contributed by atoms with Crippen molar-refractivity contribution in [2.45, 2.75) is 20.4 Å². The van der Waals surface area contributed by atoms with Crippen LogP contribution in [0.3, 0.4) is 0 Å². The van der Waals surface area contributed by atoms with Gasteiger partial charge in [-0.25, -0.2) is 4.79 Å². The van der Waals surface area contributed by atoms with E-state index in [9.17, 15) is 9.90 Å². The van der Waals surface area contributed by atoms with Crippen LogP contribution in [0.15, 0.2) is 48.5 Å². The van der Waals surface area contributed by atoms with E-state index >= 15 is 0 Å². The number of benzene rings is 2. The molecule has 4 nitrogen and oxygen atoms in total. The number of esters is 1. The monoisotopic (exact) mass is 309 g/mol. The van der Waals surface area contributed by atoms with E-state index in [-0.39, 0.29) is 11.7 Å². The molecule has 0 aliphatic carbocycles. The average molecular weight is 309 g/mol. The highest BCUT2D eigenvalue weighted by Gasteiger charge is 2.24. The first-order valence-electron chi connectivity index (χ1n) is 7.75. The summed E-state index contributed by atoms with van der Waals surface area (Å²) in [6.45, 7) is 4.85. The average Bonchev–Trinajstić information content (AvgIpc) is 2.89. The van der Waals surface area contributed by atoms with Crippen LogP contribution in [0.5, 0.6) is 5.75 Å². The molecule has 0 saturated carbocycles. The summed E-state index contributed by atoms with van der Waals surface area (Å²) in [5.41, 5.74) is 3.19. The van der Waals surface area contributed by atoms with E-state index in [0.717, 1.165) is 16.8 Å². The number of carbonyl (C=O) groups excluding carboxylic acids is 1. The van der Waals surface area contributed by atoms with E-state index < -0.39 is 0 Å². The number of hydrogen-bond acceptors (Lipinski definition) is 3. The maximum Gasteiger partial charge on any atom is 0.340 e. The molecule has 0 unspecified atom stereocenters. The van der Waals surface area contributed by atoms with Crippen molar-refractivity contribution in [3.63, 3.8) is 0 Å². The van der Waals surface area contributed by atoms with Gasteiger partial charge in [0.25, 0.3) is 0 Å². The smallest absolute Gasteiger partial charge is 0.340 e. The number of rotatable bonds is 4. The Morgan fingerprint density at radius 3 is 2.52 bits per heavy atom. The van der Waals surface area contributed by atoms with Crippen molar-refractivity contribution in [2.75, 3.05) is 6.61 Å². The summed E-state index contributed by atoms with van der Waals surface area (Å²) in [5.74, 6) is -0.231. The normalized spacial score (nSPS) is 10.9. The molecule has 1 N–H and O–H groups in total. The van der Waals surface area contributed by atoms with E-state index in [2.05, 4.69) is 4.57 Å². The molecule has 0 saturated heterocycles. The van der Waals surface area contributed by atoms with Crippen LogP contribution in [-0.2, 0) is 11.3 Å². The molecule has 0 amide bonds. The number of aromatic hydroxyl groups is 1. The van der Waals surface area contributed by atoms with Crippen molar-refractivity contribution in [1.29, 1.82) is 0 Å². The third-order valence-corrected chi connectivity index (χ3v) is 3.89. The van der Waals surface area contributed by atoms with Crippen LogP contribution in [0.4, 0.5) is 0 Å². The third kappa shape index (κ3) is 2.57. The topological polar surface area (TPSA) is 51.5 Å². The van der Waals surface area contributed by atoms with Gasteiger partial charge in [0.05, 0.1) is 17.9 Å². The molecule has 0 aliphatic rings. The number of ether oxygens (including phenoxy) is 1. The Hall–Kier alpha value is -2.75. The van der Waals surface area contributed by atoms with Crippen LogP contribution in [-0.4, -0.2) is 22.2 Å². The molecule has 0 aliphatic heterocycles. The SMILES string of the molecule is CCOC(=O)c1c(-c2ccccc2)n(CC)c2ccc(O)cc12. The third-order valence-electron chi connectivity index (χ3n) is 3.89. The van der Waals surface area contributed by atoms with Crippen LogP contribution in [0.2, 0.25) is 0 Å². The Balaban J connectivity index is 2.40. The van der Waals surface area contributed by atoms with Crippen molar-refractivity contribution in [2.24, 2.45) is 0 Å². The zero-order chi connectivity index (χ0) is 16.4. The second-order valence-corrected chi connectivity index (χ2v) is 5.26. The Labute approximate surface area is 134 Å². The van der Waals surface area contributed by atoms with Gasteiger partial charge in [0.1, 0.15) is 5.75 Å². The fraction of sp³-hybridized carbons (Fsp3) is 0.211. The zero-order valence-corrected chi connectivity index (χ0v) is 13.2. The first-order valence-corrected chi connectivity index (χ1v) is 7.75. The molecule has 0 fully saturated rings. The van der Waals surface area contributed by atoms with Gasteiger partial charge in [-0.05, 0) is 37.6 Å². The summed E-state index contributed by atoms with van der Waals surface area (Å²) in [5, 5.41) is 10.6. The molecule has 3 rings (SSSR count). The zero-order valence-electron chi connectivity index (χ0n) is 13.2. The standard InChI is InChI=1S/C19H19NO3/c1-3-20-16-11-10-14(21)12-15(16)17(19(22)23-4-2)18(20)13-8-6-5-7-9-13/h5-12,21H,3-4H2,1-2H3.